The van der Waals surface area contributed by atoms with Crippen LogP contribution in [0.3, 0.4) is 0 Å². The summed E-state index contributed by atoms with van der Waals surface area (Å²) in [6.45, 7) is 3.02. The van der Waals surface area contributed by atoms with Crippen LogP contribution in [0.2, 0.25) is 0 Å². The molecule has 1 aliphatic rings. The smallest absolute Gasteiger partial charge is 0.338 e. The summed E-state index contributed by atoms with van der Waals surface area (Å²) < 4.78 is 10.6. The summed E-state index contributed by atoms with van der Waals surface area (Å²) in [5, 5.41) is 0. The maximum atomic E-state index is 11.7. The largest absolute Gasteiger partial charge is 0.462 e. The molecule has 1 aromatic rings. The lowest BCUT2D eigenvalue weighted by molar-refractivity contribution is 0.0526. The summed E-state index contributed by atoms with van der Waals surface area (Å²) in [4.78, 5) is 12.6. The highest BCUT2D eigenvalue weighted by atomic mass is 32.2. The lowest BCUT2D eigenvalue weighted by Crippen LogP contribution is -2.09. The molecule has 19 heavy (non-hydrogen) atoms. The number of anilines is 1. The Kier molecular flexibility index (Phi) is 5.10. The maximum Gasteiger partial charge on any atom is 0.338 e. The van der Waals surface area contributed by atoms with Crippen LogP contribution < -0.4 is 5.73 Å². The van der Waals surface area contributed by atoms with Crippen molar-refractivity contribution in [2.45, 2.75) is 30.8 Å². The van der Waals surface area contributed by atoms with Crippen molar-refractivity contribution in [1.82, 2.24) is 0 Å². The number of benzene rings is 1. The third-order valence-electron chi connectivity index (χ3n) is 2.97. The van der Waals surface area contributed by atoms with Crippen LogP contribution >= 0.6 is 11.8 Å². The Balaban J connectivity index is 2.01. The van der Waals surface area contributed by atoms with E-state index in [9.17, 15) is 4.79 Å². The molecule has 0 amide bonds. The third-order valence-corrected chi connectivity index (χ3v) is 4.18. The van der Waals surface area contributed by atoms with Gasteiger partial charge in [-0.3, -0.25) is 0 Å². The van der Waals surface area contributed by atoms with Gasteiger partial charge < -0.3 is 15.2 Å². The first-order valence-electron chi connectivity index (χ1n) is 6.51. The van der Waals surface area contributed by atoms with E-state index in [1.54, 1.807) is 36.9 Å². The topological polar surface area (TPSA) is 61.5 Å². The number of hydrogen-bond acceptors (Lipinski definition) is 5. The van der Waals surface area contributed by atoms with Crippen molar-refractivity contribution in [2.75, 3.05) is 24.7 Å². The minimum Gasteiger partial charge on any atom is -0.462 e. The summed E-state index contributed by atoms with van der Waals surface area (Å²) in [6, 6.07) is 5.25. The molecule has 104 valence electrons. The second kappa shape index (κ2) is 6.82. The van der Waals surface area contributed by atoms with Gasteiger partial charge in [0.25, 0.3) is 0 Å². The molecule has 2 rings (SSSR count). The molecule has 0 spiro atoms. The molecule has 0 radical (unpaired) electrons. The van der Waals surface area contributed by atoms with Crippen molar-refractivity contribution >= 4 is 23.4 Å². The van der Waals surface area contributed by atoms with Crippen molar-refractivity contribution in [1.29, 1.82) is 0 Å². The van der Waals surface area contributed by atoms with Crippen LogP contribution in [-0.4, -0.2) is 31.0 Å². The molecule has 0 saturated carbocycles. The van der Waals surface area contributed by atoms with E-state index in [2.05, 4.69) is 0 Å². The van der Waals surface area contributed by atoms with Crippen LogP contribution in [0.1, 0.15) is 30.1 Å². The van der Waals surface area contributed by atoms with Gasteiger partial charge in [0, 0.05) is 22.9 Å². The van der Waals surface area contributed by atoms with E-state index < -0.39 is 0 Å². The Morgan fingerprint density at radius 2 is 2.42 bits per heavy atom. The van der Waals surface area contributed by atoms with Gasteiger partial charge in [-0.2, -0.15) is 0 Å². The van der Waals surface area contributed by atoms with Crippen LogP contribution in [-0.2, 0) is 9.47 Å². The number of esters is 1. The number of nitrogen functional groups attached to an aromatic ring is 1. The van der Waals surface area contributed by atoms with Crippen molar-refractivity contribution < 1.29 is 14.3 Å². The molecule has 5 heteroatoms. The molecule has 1 atom stereocenters. The van der Waals surface area contributed by atoms with Gasteiger partial charge in [0.15, 0.2) is 0 Å². The summed E-state index contributed by atoms with van der Waals surface area (Å²) in [7, 11) is 0. The van der Waals surface area contributed by atoms with Crippen molar-refractivity contribution in [3.8, 4) is 0 Å². The number of carbonyl (C=O) groups excluding carboxylic acids is 1. The molecule has 4 nitrogen and oxygen atoms in total. The van der Waals surface area contributed by atoms with E-state index >= 15 is 0 Å². The molecule has 1 aliphatic heterocycles. The average Bonchev–Trinajstić information content (AvgIpc) is 2.91. The zero-order valence-electron chi connectivity index (χ0n) is 11.1. The van der Waals surface area contributed by atoms with Gasteiger partial charge in [-0.1, -0.05) is 0 Å². The predicted molar refractivity (Wildman–Crippen MR) is 76.5 cm³/mol. The van der Waals surface area contributed by atoms with E-state index in [0.29, 0.717) is 24.0 Å². The van der Waals surface area contributed by atoms with E-state index in [1.807, 2.05) is 0 Å². The minimum absolute atomic E-state index is 0.302. The Hall–Kier alpha value is -1.20. The number of rotatable bonds is 5. The van der Waals surface area contributed by atoms with Gasteiger partial charge in [-0.15, -0.1) is 11.8 Å². The molecule has 1 saturated heterocycles. The predicted octanol–water partition coefficient (Wildman–Crippen LogP) is 2.72. The second-order valence-electron chi connectivity index (χ2n) is 4.42. The number of ether oxygens (including phenoxy) is 2. The first kappa shape index (κ1) is 14.2. The van der Waals surface area contributed by atoms with Crippen molar-refractivity contribution in [2.24, 2.45) is 0 Å². The summed E-state index contributed by atoms with van der Waals surface area (Å²) in [6.07, 6.45) is 2.53. The van der Waals surface area contributed by atoms with Gasteiger partial charge in [-0.25, -0.2) is 4.79 Å². The normalized spacial score (nSPS) is 18.5. The standard InChI is InChI=1S/C14H19NO3S/c1-2-17-14(16)10-5-6-12(15)13(8-10)19-9-11-4-3-7-18-11/h5-6,8,11H,2-4,7,9,15H2,1H3. The Bertz CT molecular complexity index is 444. The highest BCUT2D eigenvalue weighted by molar-refractivity contribution is 7.99. The Morgan fingerprint density at radius 1 is 1.58 bits per heavy atom. The van der Waals surface area contributed by atoms with E-state index in [0.717, 1.165) is 30.1 Å². The third kappa shape index (κ3) is 3.88. The summed E-state index contributed by atoms with van der Waals surface area (Å²) >= 11 is 1.64. The van der Waals surface area contributed by atoms with Crippen LogP contribution in [0.15, 0.2) is 23.1 Å². The molecule has 2 N–H and O–H groups in total. The molecule has 0 aliphatic carbocycles. The Morgan fingerprint density at radius 3 is 3.11 bits per heavy atom. The number of carbonyl (C=O) groups is 1. The SMILES string of the molecule is CCOC(=O)c1ccc(N)c(SCC2CCCO2)c1. The molecule has 1 heterocycles. The lowest BCUT2D eigenvalue weighted by atomic mass is 10.2. The van der Waals surface area contributed by atoms with Crippen molar-refractivity contribution in [3.05, 3.63) is 23.8 Å². The first-order chi connectivity index (χ1) is 9.20. The number of thioether (sulfide) groups is 1. The first-order valence-corrected chi connectivity index (χ1v) is 7.50. The van der Waals surface area contributed by atoms with Crippen LogP contribution in [0.25, 0.3) is 0 Å². The quantitative estimate of drug-likeness (QED) is 0.511. The Labute approximate surface area is 117 Å². The van der Waals surface area contributed by atoms with Crippen LogP contribution in [0.5, 0.6) is 0 Å². The lowest BCUT2D eigenvalue weighted by Gasteiger charge is -2.11. The molecule has 1 aromatic carbocycles. The maximum absolute atomic E-state index is 11.7. The highest BCUT2D eigenvalue weighted by Crippen LogP contribution is 2.29. The second-order valence-corrected chi connectivity index (χ2v) is 5.48. The number of hydrogen-bond donors (Lipinski definition) is 1. The van der Waals surface area contributed by atoms with E-state index in [1.165, 1.54) is 0 Å². The van der Waals surface area contributed by atoms with Crippen molar-refractivity contribution in [3.63, 3.8) is 0 Å². The van der Waals surface area contributed by atoms with Gasteiger partial charge in [0.1, 0.15) is 0 Å². The van der Waals surface area contributed by atoms with Crippen LogP contribution in [0.4, 0.5) is 5.69 Å². The van der Waals surface area contributed by atoms with E-state index in [-0.39, 0.29) is 5.97 Å². The van der Waals surface area contributed by atoms with Gasteiger partial charge in [0.05, 0.1) is 18.3 Å². The van der Waals surface area contributed by atoms with Crippen LogP contribution in [0, 0.1) is 0 Å². The summed E-state index contributed by atoms with van der Waals surface area (Å²) in [5.41, 5.74) is 7.17. The van der Waals surface area contributed by atoms with Gasteiger partial charge in [0.2, 0.25) is 0 Å². The van der Waals surface area contributed by atoms with Gasteiger partial charge in [-0.05, 0) is 38.0 Å². The molecule has 1 unspecified atom stereocenters. The average molecular weight is 281 g/mol. The monoisotopic (exact) mass is 281 g/mol. The number of nitrogens with two attached hydrogens (primary N) is 1. The fourth-order valence-corrected chi connectivity index (χ4v) is 3.03. The minimum atomic E-state index is -0.304. The molecule has 1 fully saturated rings. The zero-order valence-corrected chi connectivity index (χ0v) is 11.9. The summed E-state index contributed by atoms with van der Waals surface area (Å²) in [5.74, 6) is 0.567. The fourth-order valence-electron chi connectivity index (χ4n) is 1.96. The molecular weight excluding hydrogens is 262 g/mol. The molecule has 0 bridgehead atoms. The van der Waals surface area contributed by atoms with E-state index in [4.69, 9.17) is 15.2 Å². The molecule has 0 aromatic heterocycles. The highest BCUT2D eigenvalue weighted by Gasteiger charge is 2.17. The van der Waals surface area contributed by atoms with Gasteiger partial charge >= 0.3 is 5.97 Å². The zero-order chi connectivity index (χ0) is 13.7. The molecular formula is C14H19NO3S. The fraction of sp³-hybridized carbons (Fsp3) is 0.500.